The average molecular weight is 295 g/mol. The Morgan fingerprint density at radius 3 is 2.37 bits per heavy atom. The van der Waals surface area contributed by atoms with Crippen molar-refractivity contribution in [2.75, 3.05) is 0 Å². The SMILES string of the molecule is C=CC(=O)Oc1ccc(S(=O)(=O)[O-])c(C(F)(F)F)c1. The molecular weight excluding hydrogens is 289 g/mol. The van der Waals surface area contributed by atoms with Gasteiger partial charge in [-0.1, -0.05) is 6.58 Å². The van der Waals surface area contributed by atoms with Crippen LogP contribution in [0.1, 0.15) is 5.56 Å². The van der Waals surface area contributed by atoms with Crippen LogP contribution in [0.4, 0.5) is 13.2 Å². The van der Waals surface area contributed by atoms with Crippen molar-refractivity contribution in [3.63, 3.8) is 0 Å². The topological polar surface area (TPSA) is 83.5 Å². The molecule has 0 heterocycles. The lowest BCUT2D eigenvalue weighted by Crippen LogP contribution is -2.14. The van der Waals surface area contributed by atoms with Crippen molar-refractivity contribution in [2.24, 2.45) is 0 Å². The van der Waals surface area contributed by atoms with Crippen LogP contribution in [0.3, 0.4) is 0 Å². The van der Waals surface area contributed by atoms with E-state index in [9.17, 15) is 30.9 Å². The second kappa shape index (κ2) is 5.02. The van der Waals surface area contributed by atoms with Gasteiger partial charge in [0.2, 0.25) is 0 Å². The molecule has 0 aromatic heterocycles. The molecular formula is C10H6F3O5S-. The quantitative estimate of drug-likeness (QED) is 0.367. The Kier molecular flexibility index (Phi) is 4.01. The first-order valence-electron chi connectivity index (χ1n) is 4.57. The molecule has 0 radical (unpaired) electrons. The number of halogens is 3. The molecule has 1 aromatic rings. The molecule has 5 nitrogen and oxygen atoms in total. The molecule has 0 bridgehead atoms. The van der Waals surface area contributed by atoms with Crippen molar-refractivity contribution in [1.29, 1.82) is 0 Å². The third-order valence-corrected chi connectivity index (χ3v) is 2.81. The highest BCUT2D eigenvalue weighted by Crippen LogP contribution is 2.36. The van der Waals surface area contributed by atoms with Crippen LogP contribution in [0.2, 0.25) is 0 Å². The first-order valence-corrected chi connectivity index (χ1v) is 5.98. The second-order valence-electron chi connectivity index (χ2n) is 3.24. The highest BCUT2D eigenvalue weighted by Gasteiger charge is 2.35. The molecule has 1 rings (SSSR count). The van der Waals surface area contributed by atoms with E-state index in [1.807, 2.05) is 0 Å². The monoisotopic (exact) mass is 295 g/mol. The molecule has 1 aromatic carbocycles. The van der Waals surface area contributed by atoms with Crippen molar-refractivity contribution in [2.45, 2.75) is 11.1 Å². The normalized spacial score (nSPS) is 12.0. The van der Waals surface area contributed by atoms with Crippen LogP contribution in [-0.2, 0) is 21.1 Å². The number of alkyl halides is 3. The summed E-state index contributed by atoms with van der Waals surface area (Å²) in [4.78, 5) is 9.39. The van der Waals surface area contributed by atoms with Gasteiger partial charge in [0.25, 0.3) is 0 Å². The van der Waals surface area contributed by atoms with E-state index in [-0.39, 0.29) is 6.07 Å². The van der Waals surface area contributed by atoms with Crippen molar-refractivity contribution >= 4 is 16.1 Å². The van der Waals surface area contributed by atoms with Crippen LogP contribution in [0.5, 0.6) is 5.75 Å². The van der Waals surface area contributed by atoms with Gasteiger partial charge in [-0.25, -0.2) is 13.2 Å². The molecule has 0 aliphatic rings. The smallest absolute Gasteiger partial charge is 0.417 e. The maximum atomic E-state index is 12.6. The number of esters is 1. The van der Waals surface area contributed by atoms with Gasteiger partial charge in [0.1, 0.15) is 15.9 Å². The van der Waals surface area contributed by atoms with Gasteiger partial charge in [0.15, 0.2) is 0 Å². The number of hydrogen-bond donors (Lipinski definition) is 0. The molecule has 0 N–H and O–H groups in total. The highest BCUT2D eigenvalue weighted by molar-refractivity contribution is 7.85. The predicted molar refractivity (Wildman–Crippen MR) is 55.2 cm³/mol. The van der Waals surface area contributed by atoms with Gasteiger partial charge in [0, 0.05) is 6.08 Å². The molecule has 0 saturated carbocycles. The fraction of sp³-hybridized carbons (Fsp3) is 0.100. The summed E-state index contributed by atoms with van der Waals surface area (Å²) in [6, 6.07) is 1.45. The van der Waals surface area contributed by atoms with Gasteiger partial charge in [-0.05, 0) is 18.2 Å². The van der Waals surface area contributed by atoms with E-state index in [1.165, 1.54) is 0 Å². The van der Waals surface area contributed by atoms with Crippen LogP contribution in [-0.4, -0.2) is 18.9 Å². The number of hydrogen-bond acceptors (Lipinski definition) is 5. The average Bonchev–Trinajstić information content (AvgIpc) is 2.26. The van der Waals surface area contributed by atoms with E-state index in [4.69, 9.17) is 0 Å². The molecule has 104 valence electrons. The van der Waals surface area contributed by atoms with E-state index in [0.29, 0.717) is 12.1 Å². The van der Waals surface area contributed by atoms with Crippen LogP contribution >= 0.6 is 0 Å². The lowest BCUT2D eigenvalue weighted by Gasteiger charge is -2.16. The number of ether oxygens (including phenoxy) is 1. The van der Waals surface area contributed by atoms with Gasteiger partial charge in [-0.3, -0.25) is 0 Å². The predicted octanol–water partition coefficient (Wildman–Crippen LogP) is 1.70. The van der Waals surface area contributed by atoms with Crippen LogP contribution in [0.15, 0.2) is 35.7 Å². The zero-order valence-corrected chi connectivity index (χ0v) is 9.92. The van der Waals surface area contributed by atoms with Crippen molar-refractivity contribution < 1.29 is 35.7 Å². The Balaban J connectivity index is 3.40. The number of benzene rings is 1. The molecule has 0 unspecified atom stereocenters. The third kappa shape index (κ3) is 3.80. The van der Waals surface area contributed by atoms with Gasteiger partial charge in [0.05, 0.1) is 10.5 Å². The summed E-state index contributed by atoms with van der Waals surface area (Å²) in [6.45, 7) is 3.04. The zero-order valence-electron chi connectivity index (χ0n) is 9.10. The van der Waals surface area contributed by atoms with Crippen molar-refractivity contribution in [3.05, 3.63) is 36.4 Å². The van der Waals surface area contributed by atoms with E-state index in [0.717, 1.165) is 6.07 Å². The largest absolute Gasteiger partial charge is 0.744 e. The summed E-state index contributed by atoms with van der Waals surface area (Å²) in [7, 11) is -5.30. The second-order valence-corrected chi connectivity index (χ2v) is 4.58. The van der Waals surface area contributed by atoms with Gasteiger partial charge in [-0.15, -0.1) is 0 Å². The number of carbonyl (C=O) groups is 1. The van der Waals surface area contributed by atoms with E-state index in [2.05, 4.69) is 11.3 Å². The third-order valence-electron chi connectivity index (χ3n) is 1.91. The lowest BCUT2D eigenvalue weighted by molar-refractivity contribution is -0.140. The summed E-state index contributed by atoms with van der Waals surface area (Å²) >= 11 is 0. The maximum Gasteiger partial charge on any atom is 0.417 e. The van der Waals surface area contributed by atoms with Crippen LogP contribution < -0.4 is 4.74 Å². The van der Waals surface area contributed by atoms with E-state index >= 15 is 0 Å². The molecule has 0 fully saturated rings. The van der Waals surface area contributed by atoms with Crippen LogP contribution in [0.25, 0.3) is 0 Å². The Morgan fingerprint density at radius 1 is 1.37 bits per heavy atom. The number of rotatable bonds is 3. The van der Waals surface area contributed by atoms with Crippen molar-refractivity contribution in [3.8, 4) is 5.75 Å². The standard InChI is InChI=1S/C10H7F3O5S/c1-2-9(14)18-6-3-4-8(19(15,16)17)7(5-6)10(11,12)13/h2-5H,1H2,(H,15,16,17)/p-1. The fourth-order valence-electron chi connectivity index (χ4n) is 1.17. The molecule has 9 heteroatoms. The molecule has 0 spiro atoms. The lowest BCUT2D eigenvalue weighted by atomic mass is 10.2. The van der Waals surface area contributed by atoms with E-state index < -0.39 is 38.5 Å². The minimum absolute atomic E-state index is 0.256. The first-order chi connectivity index (χ1) is 8.55. The Morgan fingerprint density at radius 2 is 1.95 bits per heavy atom. The summed E-state index contributed by atoms with van der Waals surface area (Å²) in [5.41, 5.74) is -1.70. The summed E-state index contributed by atoms with van der Waals surface area (Å²) < 4.78 is 74.4. The Bertz CT molecular complexity index is 619. The summed E-state index contributed by atoms with van der Waals surface area (Å²) in [6.07, 6.45) is -4.37. The minimum Gasteiger partial charge on any atom is -0.744 e. The highest BCUT2D eigenvalue weighted by atomic mass is 32.2. The van der Waals surface area contributed by atoms with Gasteiger partial charge in [-0.2, -0.15) is 13.2 Å². The van der Waals surface area contributed by atoms with Gasteiger partial charge >= 0.3 is 12.1 Å². The molecule has 19 heavy (non-hydrogen) atoms. The van der Waals surface area contributed by atoms with Crippen LogP contribution in [0, 0.1) is 0 Å². The van der Waals surface area contributed by atoms with Crippen molar-refractivity contribution in [1.82, 2.24) is 0 Å². The fourth-order valence-corrected chi connectivity index (χ4v) is 1.85. The summed E-state index contributed by atoms with van der Waals surface area (Å²) in [5, 5.41) is 0. The first kappa shape index (κ1) is 15.2. The number of carbonyl (C=O) groups excluding carboxylic acids is 1. The Labute approximate surface area is 106 Å². The maximum absolute atomic E-state index is 12.6. The zero-order chi connectivity index (χ0) is 14.8. The molecule has 0 amide bonds. The van der Waals surface area contributed by atoms with E-state index in [1.54, 1.807) is 0 Å². The minimum atomic E-state index is -5.30. The molecule has 0 aliphatic heterocycles. The Hall–Kier alpha value is -1.87. The molecule has 0 aliphatic carbocycles. The van der Waals surface area contributed by atoms with Gasteiger partial charge < -0.3 is 9.29 Å². The summed E-state index contributed by atoms with van der Waals surface area (Å²) in [5.74, 6) is -1.57. The molecule has 0 saturated heterocycles. The molecule has 0 atom stereocenters.